The molecule has 0 saturated heterocycles. The molecule has 1 saturated carbocycles. The Morgan fingerprint density at radius 2 is 2.13 bits per heavy atom. The number of hydrogen-bond acceptors (Lipinski definition) is 2. The summed E-state index contributed by atoms with van der Waals surface area (Å²) in [5.74, 6) is 0.799. The van der Waals surface area contributed by atoms with Crippen molar-refractivity contribution in [2.24, 2.45) is 0 Å². The van der Waals surface area contributed by atoms with Crippen molar-refractivity contribution in [2.45, 2.75) is 38.3 Å². The summed E-state index contributed by atoms with van der Waals surface area (Å²) in [7, 11) is 0. The van der Waals surface area contributed by atoms with E-state index in [9.17, 15) is 0 Å². The van der Waals surface area contributed by atoms with E-state index in [2.05, 4.69) is 29.6 Å². The predicted molar refractivity (Wildman–Crippen MR) is 61.8 cm³/mol. The Labute approximate surface area is 91.3 Å². The van der Waals surface area contributed by atoms with Gasteiger partial charge in [-0.2, -0.15) is 0 Å². The van der Waals surface area contributed by atoms with Crippen LogP contribution in [0.4, 0.5) is 0 Å². The first-order valence-electron chi connectivity index (χ1n) is 5.73. The van der Waals surface area contributed by atoms with Gasteiger partial charge in [0.05, 0.1) is 6.61 Å². The van der Waals surface area contributed by atoms with E-state index in [1.807, 2.05) is 6.92 Å². The maximum absolute atomic E-state index is 8.94. The molecule has 1 aromatic carbocycles. The highest BCUT2D eigenvalue weighted by Crippen LogP contribution is 2.41. The fourth-order valence-corrected chi connectivity index (χ4v) is 1.84. The first-order chi connectivity index (χ1) is 7.31. The molecule has 2 heteroatoms. The average Bonchev–Trinajstić information content (AvgIpc) is 3.10. The van der Waals surface area contributed by atoms with E-state index in [1.165, 1.54) is 24.0 Å². The van der Waals surface area contributed by atoms with Crippen molar-refractivity contribution in [1.82, 2.24) is 5.32 Å². The maximum atomic E-state index is 8.94. The summed E-state index contributed by atoms with van der Waals surface area (Å²) >= 11 is 0. The molecule has 0 aromatic heterocycles. The van der Waals surface area contributed by atoms with Crippen LogP contribution in [0.3, 0.4) is 0 Å². The number of nitrogens with one attached hydrogen (secondary N) is 1. The van der Waals surface area contributed by atoms with E-state index in [4.69, 9.17) is 5.11 Å². The normalized spacial score (nSPS) is 17.7. The Bertz CT molecular complexity index is 320. The van der Waals surface area contributed by atoms with E-state index in [-0.39, 0.29) is 12.6 Å². The second-order valence-corrected chi connectivity index (χ2v) is 4.44. The molecule has 2 rings (SSSR count). The number of aliphatic hydroxyl groups excluding tert-OH is 1. The molecular weight excluding hydrogens is 186 g/mol. The summed E-state index contributed by atoms with van der Waals surface area (Å²) in [4.78, 5) is 0. The van der Waals surface area contributed by atoms with Gasteiger partial charge in [-0.15, -0.1) is 0 Å². The van der Waals surface area contributed by atoms with Gasteiger partial charge in [0.15, 0.2) is 0 Å². The minimum Gasteiger partial charge on any atom is -0.395 e. The van der Waals surface area contributed by atoms with E-state index in [0.29, 0.717) is 0 Å². The minimum atomic E-state index is 0.178. The third-order valence-corrected chi connectivity index (χ3v) is 2.99. The molecule has 82 valence electrons. The van der Waals surface area contributed by atoms with Gasteiger partial charge in [-0.3, -0.25) is 0 Å². The van der Waals surface area contributed by atoms with Gasteiger partial charge in [0.2, 0.25) is 0 Å². The first kappa shape index (κ1) is 10.7. The molecule has 0 aliphatic heterocycles. The van der Waals surface area contributed by atoms with Gasteiger partial charge in [0.1, 0.15) is 0 Å². The molecule has 2 nitrogen and oxygen atoms in total. The summed E-state index contributed by atoms with van der Waals surface area (Å²) in [5.41, 5.74) is 2.88. The summed E-state index contributed by atoms with van der Waals surface area (Å²) in [6.07, 6.45) is 2.68. The van der Waals surface area contributed by atoms with Gasteiger partial charge in [-0.1, -0.05) is 24.3 Å². The van der Waals surface area contributed by atoms with Crippen molar-refractivity contribution in [2.75, 3.05) is 6.61 Å². The van der Waals surface area contributed by atoms with Crippen LogP contribution in [0.1, 0.15) is 36.8 Å². The number of rotatable bonds is 5. The van der Waals surface area contributed by atoms with Crippen LogP contribution in [-0.2, 0) is 6.54 Å². The highest BCUT2D eigenvalue weighted by molar-refractivity contribution is 5.33. The van der Waals surface area contributed by atoms with Crippen LogP contribution in [0.2, 0.25) is 0 Å². The standard InChI is InChI=1S/C13H19NO/c1-10(9-15)14-8-12-4-2-3-5-13(12)11-6-7-11/h2-5,10-11,14-15H,6-9H2,1H3/t10-/m1/s1. The molecule has 1 aliphatic carbocycles. The van der Waals surface area contributed by atoms with Crippen LogP contribution in [0, 0.1) is 0 Å². The molecule has 0 unspecified atom stereocenters. The second-order valence-electron chi connectivity index (χ2n) is 4.44. The van der Waals surface area contributed by atoms with Gasteiger partial charge >= 0.3 is 0 Å². The van der Waals surface area contributed by atoms with Crippen molar-refractivity contribution in [3.8, 4) is 0 Å². The van der Waals surface area contributed by atoms with Crippen LogP contribution in [0.5, 0.6) is 0 Å². The molecule has 1 fully saturated rings. The average molecular weight is 205 g/mol. The molecule has 0 amide bonds. The van der Waals surface area contributed by atoms with Crippen molar-refractivity contribution in [3.63, 3.8) is 0 Å². The lowest BCUT2D eigenvalue weighted by molar-refractivity contribution is 0.251. The quantitative estimate of drug-likeness (QED) is 0.771. The highest BCUT2D eigenvalue weighted by Gasteiger charge is 2.25. The molecule has 1 aromatic rings. The van der Waals surface area contributed by atoms with E-state index in [1.54, 1.807) is 0 Å². The smallest absolute Gasteiger partial charge is 0.0582 e. The van der Waals surface area contributed by atoms with Crippen LogP contribution in [-0.4, -0.2) is 17.8 Å². The Hall–Kier alpha value is -0.860. The molecule has 0 heterocycles. The summed E-state index contributed by atoms with van der Waals surface area (Å²) < 4.78 is 0. The zero-order chi connectivity index (χ0) is 10.7. The van der Waals surface area contributed by atoms with Crippen molar-refractivity contribution >= 4 is 0 Å². The lowest BCUT2D eigenvalue weighted by Gasteiger charge is -2.13. The largest absolute Gasteiger partial charge is 0.395 e. The van der Waals surface area contributed by atoms with Crippen LogP contribution in [0.15, 0.2) is 24.3 Å². The predicted octanol–water partition coefficient (Wildman–Crippen LogP) is 2.03. The zero-order valence-electron chi connectivity index (χ0n) is 9.24. The SMILES string of the molecule is C[C@H](CO)NCc1ccccc1C1CC1. The summed E-state index contributed by atoms with van der Waals surface area (Å²) in [6, 6.07) is 8.81. The zero-order valence-corrected chi connectivity index (χ0v) is 9.24. The molecular formula is C13H19NO. The fourth-order valence-electron chi connectivity index (χ4n) is 1.84. The van der Waals surface area contributed by atoms with Gasteiger partial charge < -0.3 is 10.4 Å². The number of hydrogen-bond donors (Lipinski definition) is 2. The molecule has 0 spiro atoms. The molecule has 1 aliphatic rings. The lowest BCUT2D eigenvalue weighted by atomic mass is 10.0. The Morgan fingerprint density at radius 1 is 1.40 bits per heavy atom. The van der Waals surface area contributed by atoms with Gasteiger partial charge in [-0.05, 0) is 36.8 Å². The van der Waals surface area contributed by atoms with Crippen molar-refractivity contribution in [1.29, 1.82) is 0 Å². The maximum Gasteiger partial charge on any atom is 0.0582 e. The van der Waals surface area contributed by atoms with Crippen molar-refractivity contribution in [3.05, 3.63) is 35.4 Å². The van der Waals surface area contributed by atoms with Gasteiger partial charge in [-0.25, -0.2) is 0 Å². The minimum absolute atomic E-state index is 0.178. The van der Waals surface area contributed by atoms with E-state index in [0.717, 1.165) is 12.5 Å². The molecule has 0 bridgehead atoms. The number of benzene rings is 1. The second kappa shape index (κ2) is 4.77. The highest BCUT2D eigenvalue weighted by atomic mass is 16.3. The van der Waals surface area contributed by atoms with Crippen LogP contribution in [0.25, 0.3) is 0 Å². The third kappa shape index (κ3) is 2.80. The number of aliphatic hydroxyl groups is 1. The Balaban J connectivity index is 2.00. The molecule has 2 N–H and O–H groups in total. The molecule has 1 atom stereocenters. The van der Waals surface area contributed by atoms with Crippen LogP contribution < -0.4 is 5.32 Å². The third-order valence-electron chi connectivity index (χ3n) is 2.99. The molecule has 0 radical (unpaired) electrons. The Kier molecular flexibility index (Phi) is 3.39. The first-order valence-corrected chi connectivity index (χ1v) is 5.73. The van der Waals surface area contributed by atoms with Gasteiger partial charge in [0.25, 0.3) is 0 Å². The van der Waals surface area contributed by atoms with E-state index < -0.39 is 0 Å². The van der Waals surface area contributed by atoms with Crippen LogP contribution >= 0.6 is 0 Å². The fraction of sp³-hybridized carbons (Fsp3) is 0.538. The van der Waals surface area contributed by atoms with Gasteiger partial charge in [0, 0.05) is 12.6 Å². The molecule has 15 heavy (non-hydrogen) atoms. The summed E-state index contributed by atoms with van der Waals surface area (Å²) in [5, 5.41) is 12.3. The lowest BCUT2D eigenvalue weighted by Crippen LogP contribution is -2.28. The van der Waals surface area contributed by atoms with Crippen molar-refractivity contribution < 1.29 is 5.11 Å². The Morgan fingerprint density at radius 3 is 2.80 bits per heavy atom. The van der Waals surface area contributed by atoms with E-state index >= 15 is 0 Å². The topological polar surface area (TPSA) is 32.3 Å². The monoisotopic (exact) mass is 205 g/mol. The summed E-state index contributed by atoms with van der Waals surface area (Å²) in [6.45, 7) is 3.07.